The number of carbonyl (C=O) groups is 2. The van der Waals surface area contributed by atoms with Gasteiger partial charge in [0, 0.05) is 6.42 Å². The van der Waals surface area contributed by atoms with Crippen molar-refractivity contribution in [2.45, 2.75) is 37.8 Å². The first-order chi connectivity index (χ1) is 7.25. The molecule has 94 valence electrons. The third-order valence-corrected chi connectivity index (χ3v) is 1.94. The summed E-state index contributed by atoms with van der Waals surface area (Å²) < 4.78 is 4.80. The van der Waals surface area contributed by atoms with Crippen LogP contribution in [0.5, 0.6) is 0 Å². The quantitative estimate of drug-likeness (QED) is 0.315. The van der Waals surface area contributed by atoms with E-state index in [1.165, 1.54) is 6.92 Å². The van der Waals surface area contributed by atoms with Gasteiger partial charge in [0.2, 0.25) is 0 Å². The van der Waals surface area contributed by atoms with Crippen molar-refractivity contribution in [3.05, 3.63) is 0 Å². The van der Waals surface area contributed by atoms with Crippen molar-refractivity contribution in [1.29, 1.82) is 0 Å². The molecule has 0 aliphatic carbocycles. The number of hydrogen-bond acceptors (Lipinski definition) is 6. The van der Waals surface area contributed by atoms with Gasteiger partial charge in [-0.1, -0.05) is 0 Å². The zero-order valence-corrected chi connectivity index (χ0v) is 8.74. The van der Waals surface area contributed by atoms with Crippen molar-refractivity contribution in [2.24, 2.45) is 11.5 Å². The number of aliphatic hydroxyl groups is 1. The van der Waals surface area contributed by atoms with Gasteiger partial charge in [-0.2, -0.15) is 0 Å². The minimum absolute atomic E-state index is 0.341. The molecular formula is C8H16N2O6. The second-order valence-corrected chi connectivity index (χ2v) is 3.34. The molecule has 8 nitrogen and oxygen atoms in total. The second-order valence-electron chi connectivity index (χ2n) is 3.34. The Morgan fingerprint density at radius 1 is 1.25 bits per heavy atom. The Bertz CT molecular complexity index is 259. The predicted molar refractivity (Wildman–Crippen MR) is 52.4 cm³/mol. The summed E-state index contributed by atoms with van der Waals surface area (Å²) in [6, 6.07) is -2.57. The molecule has 4 atom stereocenters. The predicted octanol–water partition coefficient (Wildman–Crippen LogP) is -2.08. The molecule has 0 saturated carbocycles. The SMILES string of the molecule is CC(OC(O)CC(N)C(=O)O)C(N)C(=O)O. The average molecular weight is 236 g/mol. The van der Waals surface area contributed by atoms with Crippen LogP contribution in [0.25, 0.3) is 0 Å². The molecule has 16 heavy (non-hydrogen) atoms. The Morgan fingerprint density at radius 2 is 1.75 bits per heavy atom. The van der Waals surface area contributed by atoms with Crippen LogP contribution in [-0.4, -0.2) is 51.7 Å². The summed E-state index contributed by atoms with van der Waals surface area (Å²) in [5.41, 5.74) is 10.4. The molecule has 0 fully saturated rings. The van der Waals surface area contributed by atoms with E-state index in [0.717, 1.165) is 0 Å². The zero-order chi connectivity index (χ0) is 12.9. The first-order valence-corrected chi connectivity index (χ1v) is 4.56. The molecule has 0 heterocycles. The third kappa shape index (κ3) is 5.03. The van der Waals surface area contributed by atoms with Crippen LogP contribution < -0.4 is 11.5 Å². The summed E-state index contributed by atoms with van der Waals surface area (Å²) in [5, 5.41) is 26.2. The van der Waals surface area contributed by atoms with Gasteiger partial charge in [-0.3, -0.25) is 9.59 Å². The molecule has 0 rings (SSSR count). The normalized spacial score (nSPS) is 18.5. The Balaban J connectivity index is 4.09. The van der Waals surface area contributed by atoms with Crippen molar-refractivity contribution in [3.63, 3.8) is 0 Å². The van der Waals surface area contributed by atoms with E-state index in [1.54, 1.807) is 0 Å². The van der Waals surface area contributed by atoms with E-state index >= 15 is 0 Å². The van der Waals surface area contributed by atoms with Gasteiger partial charge in [0.25, 0.3) is 0 Å². The van der Waals surface area contributed by atoms with Crippen LogP contribution >= 0.6 is 0 Å². The number of aliphatic hydroxyl groups excluding tert-OH is 1. The van der Waals surface area contributed by atoms with Gasteiger partial charge in [0.15, 0.2) is 6.29 Å². The van der Waals surface area contributed by atoms with Crippen LogP contribution in [0.4, 0.5) is 0 Å². The monoisotopic (exact) mass is 236 g/mol. The van der Waals surface area contributed by atoms with Crippen LogP contribution in [-0.2, 0) is 14.3 Å². The van der Waals surface area contributed by atoms with E-state index in [2.05, 4.69) is 0 Å². The highest BCUT2D eigenvalue weighted by atomic mass is 16.6. The molecule has 0 saturated heterocycles. The van der Waals surface area contributed by atoms with E-state index in [4.69, 9.17) is 26.4 Å². The van der Waals surface area contributed by atoms with E-state index < -0.39 is 36.4 Å². The summed E-state index contributed by atoms with van der Waals surface area (Å²) in [5.74, 6) is -2.56. The number of nitrogens with two attached hydrogens (primary N) is 2. The summed E-state index contributed by atoms with van der Waals surface area (Å²) in [6.45, 7) is 1.36. The lowest BCUT2D eigenvalue weighted by molar-refractivity contribution is -0.163. The minimum Gasteiger partial charge on any atom is -0.480 e. The first kappa shape index (κ1) is 14.8. The Kier molecular flexibility index (Phi) is 5.89. The fourth-order valence-corrected chi connectivity index (χ4v) is 0.907. The number of rotatable bonds is 7. The number of aliphatic carboxylic acids is 2. The van der Waals surface area contributed by atoms with E-state index in [0.29, 0.717) is 0 Å². The molecule has 0 radical (unpaired) electrons. The Hall–Kier alpha value is -1.22. The van der Waals surface area contributed by atoms with Crippen molar-refractivity contribution in [1.82, 2.24) is 0 Å². The Morgan fingerprint density at radius 3 is 2.12 bits per heavy atom. The molecule has 0 aliphatic heterocycles. The van der Waals surface area contributed by atoms with Crippen molar-refractivity contribution < 1.29 is 29.6 Å². The van der Waals surface area contributed by atoms with Crippen LogP contribution in [0.1, 0.15) is 13.3 Å². The highest BCUT2D eigenvalue weighted by Gasteiger charge is 2.25. The first-order valence-electron chi connectivity index (χ1n) is 4.56. The number of hydrogen-bond donors (Lipinski definition) is 5. The van der Waals surface area contributed by atoms with Gasteiger partial charge in [0.1, 0.15) is 12.1 Å². The molecule has 8 heteroatoms. The highest BCUT2D eigenvalue weighted by molar-refractivity contribution is 5.74. The lowest BCUT2D eigenvalue weighted by Gasteiger charge is -2.21. The average Bonchev–Trinajstić information content (AvgIpc) is 2.15. The van der Waals surface area contributed by atoms with Gasteiger partial charge in [-0.15, -0.1) is 0 Å². The van der Waals surface area contributed by atoms with Gasteiger partial charge in [-0.25, -0.2) is 0 Å². The second kappa shape index (κ2) is 6.38. The smallest absolute Gasteiger partial charge is 0.323 e. The van der Waals surface area contributed by atoms with Gasteiger partial charge in [-0.05, 0) is 6.92 Å². The third-order valence-electron chi connectivity index (χ3n) is 1.94. The molecule has 7 N–H and O–H groups in total. The molecule has 0 aromatic rings. The molecule has 4 unspecified atom stereocenters. The molecule has 0 aliphatic rings. The lowest BCUT2D eigenvalue weighted by atomic mass is 10.2. The van der Waals surface area contributed by atoms with E-state index in [9.17, 15) is 14.7 Å². The number of carboxylic acids is 2. The minimum atomic E-state index is -1.47. The molecule has 0 amide bonds. The summed E-state index contributed by atoms with van der Waals surface area (Å²) in [6.07, 6.45) is -2.76. The van der Waals surface area contributed by atoms with Crippen molar-refractivity contribution in [2.75, 3.05) is 0 Å². The van der Waals surface area contributed by atoms with Crippen molar-refractivity contribution in [3.8, 4) is 0 Å². The largest absolute Gasteiger partial charge is 0.480 e. The van der Waals surface area contributed by atoms with Crippen LogP contribution in [0.3, 0.4) is 0 Å². The lowest BCUT2D eigenvalue weighted by Crippen LogP contribution is -2.44. The summed E-state index contributed by atoms with van der Waals surface area (Å²) in [4.78, 5) is 20.8. The maximum Gasteiger partial charge on any atom is 0.323 e. The molecule has 0 aromatic carbocycles. The van der Waals surface area contributed by atoms with Gasteiger partial charge >= 0.3 is 11.9 Å². The van der Waals surface area contributed by atoms with Crippen LogP contribution in [0, 0.1) is 0 Å². The molecule has 0 aromatic heterocycles. The number of carboxylic acid groups (broad SMARTS) is 2. The molecule has 0 bridgehead atoms. The van der Waals surface area contributed by atoms with Gasteiger partial charge < -0.3 is 31.5 Å². The molecular weight excluding hydrogens is 220 g/mol. The Labute approximate surface area is 91.8 Å². The zero-order valence-electron chi connectivity index (χ0n) is 8.74. The maximum atomic E-state index is 10.4. The fraction of sp³-hybridized carbons (Fsp3) is 0.750. The fourth-order valence-electron chi connectivity index (χ4n) is 0.907. The standard InChI is InChI=1S/C8H16N2O6/c1-3(6(10)8(14)15)16-5(11)2-4(9)7(12)13/h3-6,11H,2,9-10H2,1H3,(H,12,13)(H,14,15). The number of ether oxygens (including phenoxy) is 1. The van der Waals surface area contributed by atoms with E-state index in [-0.39, 0.29) is 6.42 Å². The van der Waals surface area contributed by atoms with Crippen LogP contribution in [0.15, 0.2) is 0 Å². The van der Waals surface area contributed by atoms with Gasteiger partial charge in [0.05, 0.1) is 6.10 Å². The highest BCUT2D eigenvalue weighted by Crippen LogP contribution is 2.05. The van der Waals surface area contributed by atoms with Crippen molar-refractivity contribution >= 4 is 11.9 Å². The maximum absolute atomic E-state index is 10.4. The summed E-state index contributed by atoms with van der Waals surface area (Å²) >= 11 is 0. The van der Waals surface area contributed by atoms with E-state index in [1.807, 2.05) is 0 Å². The van der Waals surface area contributed by atoms with Crippen LogP contribution in [0.2, 0.25) is 0 Å². The molecule has 0 spiro atoms. The summed E-state index contributed by atoms with van der Waals surface area (Å²) in [7, 11) is 0. The topological polar surface area (TPSA) is 156 Å².